The van der Waals surface area contributed by atoms with Gasteiger partial charge in [-0.25, -0.2) is 0 Å². The molecule has 3 heterocycles. The van der Waals surface area contributed by atoms with Crippen LogP contribution < -0.4 is 5.32 Å². The van der Waals surface area contributed by atoms with E-state index in [9.17, 15) is 5.11 Å². The van der Waals surface area contributed by atoms with E-state index in [1.54, 1.807) is 0 Å². The van der Waals surface area contributed by atoms with Crippen LogP contribution in [0.2, 0.25) is 0 Å². The predicted octanol–water partition coefficient (Wildman–Crippen LogP) is 2.02. The molecule has 0 aromatic carbocycles. The molecule has 4 atom stereocenters. The Bertz CT molecular complexity index is 263. The summed E-state index contributed by atoms with van der Waals surface area (Å²) in [6.07, 6.45) is 6.16. The van der Waals surface area contributed by atoms with Gasteiger partial charge in [0.2, 0.25) is 0 Å². The molecule has 4 unspecified atom stereocenters. The Morgan fingerprint density at radius 2 is 1.94 bits per heavy atom. The molecule has 0 amide bonds. The van der Waals surface area contributed by atoms with Crippen molar-refractivity contribution in [2.24, 2.45) is 11.8 Å². The summed E-state index contributed by atoms with van der Waals surface area (Å²) in [5, 5.41) is 14.4. The smallest absolute Gasteiger partial charge is 0.0680 e. The van der Waals surface area contributed by atoms with Crippen LogP contribution in [0.3, 0.4) is 0 Å². The summed E-state index contributed by atoms with van der Waals surface area (Å²) in [7, 11) is 0. The molecule has 16 heavy (non-hydrogen) atoms. The molecule has 3 aliphatic rings. The van der Waals surface area contributed by atoms with Gasteiger partial charge in [-0.05, 0) is 56.5 Å². The van der Waals surface area contributed by atoms with Gasteiger partial charge in [-0.1, -0.05) is 0 Å². The summed E-state index contributed by atoms with van der Waals surface area (Å²) < 4.78 is 0. The number of thioether (sulfide) groups is 1. The van der Waals surface area contributed by atoms with E-state index in [1.807, 2.05) is 0 Å². The normalized spacial score (nSPS) is 49.5. The fourth-order valence-corrected chi connectivity index (χ4v) is 5.42. The molecule has 3 rings (SSSR count). The highest BCUT2D eigenvalue weighted by molar-refractivity contribution is 7.99. The van der Waals surface area contributed by atoms with Crippen molar-refractivity contribution in [3.05, 3.63) is 0 Å². The van der Waals surface area contributed by atoms with E-state index in [4.69, 9.17) is 0 Å². The summed E-state index contributed by atoms with van der Waals surface area (Å²) in [4.78, 5) is 0. The van der Waals surface area contributed by atoms with Crippen LogP contribution in [0.1, 0.15) is 39.0 Å². The van der Waals surface area contributed by atoms with Crippen molar-refractivity contribution < 1.29 is 5.11 Å². The first-order chi connectivity index (χ1) is 7.67. The fourth-order valence-electron chi connectivity index (χ4n) is 4.27. The second kappa shape index (κ2) is 4.18. The Kier molecular flexibility index (Phi) is 2.97. The highest BCUT2D eigenvalue weighted by Crippen LogP contribution is 2.45. The number of nitrogens with one attached hydrogen (secondary N) is 1. The standard InChI is InChI=1S/C13H23NOS/c1-13(15)8-10-2-3-11(14-10)12(13)9-4-6-16-7-5-9/h9-12,14-15H,2-8H2,1H3. The van der Waals surface area contributed by atoms with Gasteiger partial charge in [0.15, 0.2) is 0 Å². The van der Waals surface area contributed by atoms with E-state index in [1.165, 1.54) is 37.2 Å². The molecule has 3 saturated heterocycles. The quantitative estimate of drug-likeness (QED) is 0.737. The molecule has 0 radical (unpaired) electrons. The molecule has 3 fully saturated rings. The zero-order valence-electron chi connectivity index (χ0n) is 10.1. The second-order valence-corrected chi connectivity index (χ2v) is 7.31. The molecule has 0 spiro atoms. The molecular weight excluding hydrogens is 218 g/mol. The number of hydrogen-bond acceptors (Lipinski definition) is 3. The van der Waals surface area contributed by atoms with Crippen LogP contribution in [0, 0.1) is 11.8 Å². The monoisotopic (exact) mass is 241 g/mol. The van der Waals surface area contributed by atoms with Gasteiger partial charge < -0.3 is 10.4 Å². The highest BCUT2D eigenvalue weighted by atomic mass is 32.2. The maximum atomic E-state index is 10.7. The minimum atomic E-state index is -0.413. The number of piperidine rings is 1. The zero-order valence-corrected chi connectivity index (χ0v) is 10.9. The molecule has 2 N–H and O–H groups in total. The first kappa shape index (κ1) is 11.4. The molecule has 92 valence electrons. The van der Waals surface area contributed by atoms with E-state index in [-0.39, 0.29) is 0 Å². The number of hydrogen-bond donors (Lipinski definition) is 2. The molecule has 3 aliphatic heterocycles. The van der Waals surface area contributed by atoms with E-state index >= 15 is 0 Å². The van der Waals surface area contributed by atoms with Gasteiger partial charge in [0.05, 0.1) is 5.60 Å². The van der Waals surface area contributed by atoms with Crippen molar-refractivity contribution in [2.75, 3.05) is 11.5 Å². The third-order valence-corrected chi connectivity index (χ3v) is 5.91. The Morgan fingerprint density at radius 1 is 1.19 bits per heavy atom. The van der Waals surface area contributed by atoms with Crippen molar-refractivity contribution in [1.82, 2.24) is 5.32 Å². The molecular formula is C13H23NOS. The van der Waals surface area contributed by atoms with Gasteiger partial charge in [-0.15, -0.1) is 0 Å². The highest BCUT2D eigenvalue weighted by Gasteiger charge is 2.50. The fraction of sp³-hybridized carbons (Fsp3) is 1.00. The lowest BCUT2D eigenvalue weighted by molar-refractivity contribution is -0.0698. The van der Waals surface area contributed by atoms with Crippen molar-refractivity contribution in [2.45, 2.75) is 56.7 Å². The Balaban J connectivity index is 1.79. The minimum Gasteiger partial charge on any atom is -0.390 e. The largest absolute Gasteiger partial charge is 0.390 e. The predicted molar refractivity (Wildman–Crippen MR) is 68.7 cm³/mol. The lowest BCUT2D eigenvalue weighted by Crippen LogP contribution is -2.57. The van der Waals surface area contributed by atoms with Gasteiger partial charge in [0.25, 0.3) is 0 Å². The summed E-state index contributed by atoms with van der Waals surface area (Å²) in [5.41, 5.74) is -0.413. The van der Waals surface area contributed by atoms with Crippen molar-refractivity contribution >= 4 is 11.8 Å². The average molecular weight is 241 g/mol. The minimum absolute atomic E-state index is 0.413. The second-order valence-electron chi connectivity index (χ2n) is 6.08. The first-order valence-electron chi connectivity index (χ1n) is 6.73. The number of rotatable bonds is 1. The molecule has 0 saturated carbocycles. The van der Waals surface area contributed by atoms with Gasteiger partial charge in [-0.3, -0.25) is 0 Å². The summed E-state index contributed by atoms with van der Waals surface area (Å²) in [5.74, 6) is 3.86. The van der Waals surface area contributed by atoms with E-state index in [0.717, 1.165) is 12.3 Å². The zero-order chi connectivity index (χ0) is 11.2. The molecule has 2 nitrogen and oxygen atoms in total. The third kappa shape index (κ3) is 1.91. The van der Waals surface area contributed by atoms with Crippen molar-refractivity contribution in [1.29, 1.82) is 0 Å². The van der Waals surface area contributed by atoms with Gasteiger partial charge >= 0.3 is 0 Å². The molecule has 3 heteroatoms. The summed E-state index contributed by atoms with van der Waals surface area (Å²) >= 11 is 2.08. The molecule has 0 aromatic heterocycles. The third-order valence-electron chi connectivity index (χ3n) is 4.86. The van der Waals surface area contributed by atoms with Crippen LogP contribution in [-0.4, -0.2) is 34.3 Å². The van der Waals surface area contributed by atoms with Crippen LogP contribution in [0.15, 0.2) is 0 Å². The summed E-state index contributed by atoms with van der Waals surface area (Å²) in [6.45, 7) is 2.09. The van der Waals surface area contributed by atoms with E-state index < -0.39 is 5.60 Å². The van der Waals surface area contributed by atoms with Crippen LogP contribution in [0.25, 0.3) is 0 Å². The topological polar surface area (TPSA) is 32.3 Å². The Hall–Kier alpha value is 0.270. The number of fused-ring (bicyclic) bond motifs is 2. The SMILES string of the molecule is CC1(O)CC2CCC(N2)C1C1CCSCC1. The molecule has 0 aliphatic carbocycles. The van der Waals surface area contributed by atoms with Gasteiger partial charge in [-0.2, -0.15) is 11.8 Å². The Morgan fingerprint density at radius 3 is 2.69 bits per heavy atom. The van der Waals surface area contributed by atoms with E-state index in [2.05, 4.69) is 24.0 Å². The lowest BCUT2D eigenvalue weighted by Gasteiger charge is -2.47. The summed E-state index contributed by atoms with van der Waals surface area (Å²) in [6, 6.07) is 1.19. The van der Waals surface area contributed by atoms with Gasteiger partial charge in [0.1, 0.15) is 0 Å². The van der Waals surface area contributed by atoms with Crippen LogP contribution in [0.4, 0.5) is 0 Å². The van der Waals surface area contributed by atoms with E-state index in [0.29, 0.717) is 18.0 Å². The molecule has 0 aromatic rings. The average Bonchev–Trinajstić information content (AvgIpc) is 2.62. The maximum Gasteiger partial charge on any atom is 0.0680 e. The van der Waals surface area contributed by atoms with Crippen LogP contribution in [0.5, 0.6) is 0 Å². The maximum absolute atomic E-state index is 10.7. The van der Waals surface area contributed by atoms with Gasteiger partial charge in [0, 0.05) is 18.0 Å². The van der Waals surface area contributed by atoms with Crippen LogP contribution >= 0.6 is 11.8 Å². The van der Waals surface area contributed by atoms with Crippen LogP contribution in [-0.2, 0) is 0 Å². The number of aliphatic hydroxyl groups is 1. The lowest BCUT2D eigenvalue weighted by atomic mass is 9.69. The van der Waals surface area contributed by atoms with Crippen molar-refractivity contribution in [3.8, 4) is 0 Å². The Labute approximate surface area is 103 Å². The molecule has 2 bridgehead atoms. The first-order valence-corrected chi connectivity index (χ1v) is 7.88. The van der Waals surface area contributed by atoms with Crippen molar-refractivity contribution in [3.63, 3.8) is 0 Å².